The lowest BCUT2D eigenvalue weighted by Crippen LogP contribution is -2.12. The second kappa shape index (κ2) is 8.09. The maximum absolute atomic E-state index is 12.9. The van der Waals surface area contributed by atoms with Gasteiger partial charge in [-0.1, -0.05) is 0 Å². The summed E-state index contributed by atoms with van der Waals surface area (Å²) in [4.78, 5) is 31.0. The van der Waals surface area contributed by atoms with Crippen LogP contribution in [0, 0.1) is 13.8 Å². The number of nitrogens with zero attached hydrogens (tertiary/aromatic N) is 4. The summed E-state index contributed by atoms with van der Waals surface area (Å²) in [6.07, 6.45) is -4.52. The van der Waals surface area contributed by atoms with E-state index < -0.39 is 23.9 Å². The molecule has 3 aromatic rings. The van der Waals surface area contributed by atoms with Crippen molar-refractivity contribution in [1.29, 1.82) is 0 Å². The number of esters is 2. The summed E-state index contributed by atoms with van der Waals surface area (Å²) < 4.78 is 49.4. The maximum atomic E-state index is 12.9. The van der Waals surface area contributed by atoms with Crippen molar-refractivity contribution in [3.05, 3.63) is 52.6 Å². The van der Waals surface area contributed by atoms with Crippen LogP contribution < -0.4 is 4.74 Å². The fraction of sp³-hybridized carbons (Fsp3) is 0.316. The van der Waals surface area contributed by atoms with Gasteiger partial charge in [0.1, 0.15) is 5.75 Å². The summed E-state index contributed by atoms with van der Waals surface area (Å²) in [5.41, 5.74) is 1.76. The Morgan fingerprint density at radius 1 is 1.10 bits per heavy atom. The molecule has 0 saturated carbocycles. The van der Waals surface area contributed by atoms with E-state index in [1.165, 1.54) is 31.4 Å². The van der Waals surface area contributed by atoms with E-state index in [4.69, 9.17) is 4.74 Å². The molecule has 0 fully saturated rings. The molecule has 0 radical (unpaired) electrons. The zero-order chi connectivity index (χ0) is 22.1. The number of fused-ring (bicyclic) bond motifs is 1. The molecule has 1 aromatic carbocycles. The number of hydrogen-bond donors (Lipinski definition) is 0. The first kappa shape index (κ1) is 21.2. The van der Waals surface area contributed by atoms with Crippen LogP contribution in [0.1, 0.15) is 39.6 Å². The van der Waals surface area contributed by atoms with Crippen LogP contribution in [-0.4, -0.2) is 38.6 Å². The zero-order valence-corrected chi connectivity index (χ0v) is 16.3. The molecule has 158 valence electrons. The van der Waals surface area contributed by atoms with Crippen LogP contribution in [0.25, 0.3) is 5.78 Å². The van der Waals surface area contributed by atoms with E-state index >= 15 is 0 Å². The number of hydrogen-bond acceptors (Lipinski definition) is 7. The molecule has 0 bridgehead atoms. The predicted molar refractivity (Wildman–Crippen MR) is 97.0 cm³/mol. The highest BCUT2D eigenvalue weighted by Gasteiger charge is 2.37. The Labute approximate surface area is 168 Å². The molecule has 0 spiro atoms. The smallest absolute Gasteiger partial charge is 0.453 e. The van der Waals surface area contributed by atoms with Crippen molar-refractivity contribution in [3.63, 3.8) is 0 Å². The topological polar surface area (TPSA) is 95.7 Å². The van der Waals surface area contributed by atoms with Gasteiger partial charge in [-0.15, -0.1) is 5.10 Å². The van der Waals surface area contributed by atoms with Crippen LogP contribution in [0.5, 0.6) is 5.75 Å². The van der Waals surface area contributed by atoms with Crippen LogP contribution in [0.4, 0.5) is 13.2 Å². The zero-order valence-electron chi connectivity index (χ0n) is 16.3. The Morgan fingerprint density at radius 2 is 1.77 bits per heavy atom. The molecular weight excluding hydrogens is 405 g/mol. The van der Waals surface area contributed by atoms with Gasteiger partial charge in [0.15, 0.2) is 0 Å². The molecule has 0 amide bonds. The molecule has 2 aromatic heterocycles. The molecule has 0 unspecified atom stereocenters. The first-order valence-electron chi connectivity index (χ1n) is 8.79. The maximum Gasteiger partial charge on any atom is 0.453 e. The predicted octanol–water partition coefficient (Wildman–Crippen LogP) is 3.08. The van der Waals surface area contributed by atoms with E-state index in [1.54, 1.807) is 13.8 Å². The number of halogens is 3. The average molecular weight is 422 g/mol. The number of alkyl halides is 3. The van der Waals surface area contributed by atoms with Crippen LogP contribution in [0.15, 0.2) is 24.3 Å². The Balaban J connectivity index is 1.72. The molecule has 3 rings (SSSR count). The largest absolute Gasteiger partial charge is 0.465 e. The van der Waals surface area contributed by atoms with E-state index in [0.29, 0.717) is 22.5 Å². The van der Waals surface area contributed by atoms with Crippen molar-refractivity contribution in [2.75, 3.05) is 7.11 Å². The number of carbonyl (C=O) groups is 2. The number of aromatic nitrogens is 4. The molecule has 0 atom stereocenters. The molecule has 0 saturated heterocycles. The van der Waals surface area contributed by atoms with Crippen molar-refractivity contribution in [2.24, 2.45) is 0 Å². The highest BCUT2D eigenvalue weighted by Crippen LogP contribution is 2.27. The fourth-order valence-electron chi connectivity index (χ4n) is 2.88. The molecule has 0 aliphatic carbocycles. The third-order valence-electron chi connectivity index (χ3n) is 4.39. The standard InChI is InChI=1S/C19H17F3N4O4/c1-10-14(11(2)26-18(23-10)24-17(25-26)19(20,21)22)8-9-15(27)30-13-6-4-12(5-7-13)16(28)29-3/h4-7H,8-9H2,1-3H3. The summed E-state index contributed by atoms with van der Waals surface area (Å²) in [6.45, 7) is 3.21. The van der Waals surface area contributed by atoms with Crippen LogP contribution in [0.2, 0.25) is 0 Å². The third-order valence-corrected chi connectivity index (χ3v) is 4.39. The summed E-state index contributed by atoms with van der Waals surface area (Å²) >= 11 is 0. The monoisotopic (exact) mass is 422 g/mol. The van der Waals surface area contributed by atoms with Gasteiger partial charge in [-0.2, -0.15) is 18.2 Å². The molecule has 8 nitrogen and oxygen atoms in total. The summed E-state index contributed by atoms with van der Waals surface area (Å²) in [5, 5.41) is 3.47. The number of ether oxygens (including phenoxy) is 2. The highest BCUT2D eigenvalue weighted by atomic mass is 19.4. The van der Waals surface area contributed by atoms with Crippen LogP contribution in [-0.2, 0) is 22.1 Å². The number of aryl methyl sites for hydroxylation is 2. The first-order valence-corrected chi connectivity index (χ1v) is 8.79. The second-order valence-corrected chi connectivity index (χ2v) is 6.40. The van der Waals surface area contributed by atoms with E-state index in [-0.39, 0.29) is 24.4 Å². The molecule has 0 N–H and O–H groups in total. The highest BCUT2D eigenvalue weighted by molar-refractivity contribution is 5.89. The Hall–Kier alpha value is -3.50. The number of carbonyl (C=O) groups excluding carboxylic acids is 2. The van der Waals surface area contributed by atoms with Gasteiger partial charge in [0.2, 0.25) is 0 Å². The molecule has 2 heterocycles. The number of rotatable bonds is 5. The third kappa shape index (κ3) is 4.39. The molecule has 0 aliphatic rings. The fourth-order valence-corrected chi connectivity index (χ4v) is 2.88. The SMILES string of the molecule is COC(=O)c1ccc(OC(=O)CCc2c(C)nc3nc(C(F)(F)F)nn3c2C)cc1. The molecular formula is C19H17F3N4O4. The van der Waals surface area contributed by atoms with E-state index in [2.05, 4.69) is 19.8 Å². The van der Waals surface area contributed by atoms with Crippen molar-refractivity contribution in [2.45, 2.75) is 32.9 Å². The normalized spacial score (nSPS) is 11.5. The Morgan fingerprint density at radius 3 is 2.37 bits per heavy atom. The van der Waals surface area contributed by atoms with Gasteiger partial charge in [0.05, 0.1) is 19.1 Å². The van der Waals surface area contributed by atoms with Crippen molar-refractivity contribution in [1.82, 2.24) is 19.6 Å². The van der Waals surface area contributed by atoms with E-state index in [9.17, 15) is 22.8 Å². The van der Waals surface area contributed by atoms with Gasteiger partial charge in [-0.3, -0.25) is 4.79 Å². The summed E-state index contributed by atoms with van der Waals surface area (Å²) in [7, 11) is 1.26. The number of methoxy groups -OCH3 is 1. The lowest BCUT2D eigenvalue weighted by molar-refractivity contribution is -0.144. The van der Waals surface area contributed by atoms with Gasteiger partial charge in [0.25, 0.3) is 11.6 Å². The number of benzene rings is 1. The Kier molecular flexibility index (Phi) is 5.72. The van der Waals surface area contributed by atoms with E-state index in [1.807, 2.05) is 0 Å². The average Bonchev–Trinajstić information content (AvgIpc) is 3.12. The minimum absolute atomic E-state index is 0.0333. The molecule has 11 heteroatoms. The summed E-state index contributed by atoms with van der Waals surface area (Å²) in [5.74, 6) is -2.24. The van der Waals surface area contributed by atoms with E-state index in [0.717, 1.165) is 4.52 Å². The first-order chi connectivity index (χ1) is 14.1. The second-order valence-electron chi connectivity index (χ2n) is 6.40. The lowest BCUT2D eigenvalue weighted by atomic mass is 10.1. The van der Waals surface area contributed by atoms with Crippen LogP contribution >= 0.6 is 0 Å². The molecule has 30 heavy (non-hydrogen) atoms. The minimum Gasteiger partial charge on any atom is -0.465 e. The quantitative estimate of drug-likeness (QED) is 0.461. The summed E-state index contributed by atoms with van der Waals surface area (Å²) in [6, 6.07) is 5.85. The van der Waals surface area contributed by atoms with Crippen LogP contribution in [0.3, 0.4) is 0 Å². The van der Waals surface area contributed by atoms with Crippen molar-refractivity contribution < 1.29 is 32.2 Å². The van der Waals surface area contributed by atoms with Gasteiger partial charge in [0, 0.05) is 11.4 Å². The van der Waals surface area contributed by atoms with Gasteiger partial charge >= 0.3 is 18.1 Å². The van der Waals surface area contributed by atoms with Gasteiger partial charge < -0.3 is 9.47 Å². The minimum atomic E-state index is -4.68. The molecule has 0 aliphatic heterocycles. The van der Waals surface area contributed by atoms with Crippen molar-refractivity contribution >= 4 is 17.7 Å². The van der Waals surface area contributed by atoms with Crippen molar-refractivity contribution in [3.8, 4) is 5.75 Å². The Bertz CT molecular complexity index is 1110. The van der Waals surface area contributed by atoms with Gasteiger partial charge in [-0.25, -0.2) is 14.3 Å². The lowest BCUT2D eigenvalue weighted by Gasteiger charge is -2.10. The van der Waals surface area contributed by atoms with Gasteiger partial charge in [-0.05, 0) is 50.1 Å².